The third kappa shape index (κ3) is 2.41. The summed E-state index contributed by atoms with van der Waals surface area (Å²) in [4.78, 5) is 0. The van der Waals surface area contributed by atoms with E-state index in [0.29, 0.717) is 5.92 Å². The van der Waals surface area contributed by atoms with Gasteiger partial charge in [0.25, 0.3) is 0 Å². The molecule has 0 spiro atoms. The Balaban J connectivity index is 2.37. The zero-order chi connectivity index (χ0) is 7.61. The Morgan fingerprint density at radius 3 is 2.20 bits per heavy atom. The van der Waals surface area contributed by atoms with Crippen molar-refractivity contribution in [2.24, 2.45) is 11.3 Å². The molecular weight excluding hydrogens is 122 g/mol. The maximum atomic E-state index is 3.25. The van der Waals surface area contributed by atoms with E-state index in [1.807, 2.05) is 0 Å². The van der Waals surface area contributed by atoms with Crippen molar-refractivity contribution in [1.29, 1.82) is 0 Å². The molecule has 1 aliphatic rings. The fourth-order valence-electron chi connectivity index (χ4n) is 0.709. The minimum absolute atomic E-state index is 0.176. The zero-order valence-corrected chi connectivity index (χ0v) is 6.99. The van der Waals surface area contributed by atoms with Crippen LogP contribution in [0.4, 0.5) is 0 Å². The summed E-state index contributed by atoms with van der Waals surface area (Å²) in [6.45, 7) is 8.61. The summed E-state index contributed by atoms with van der Waals surface area (Å²) in [6.07, 6.45) is 0. The molecule has 0 bridgehead atoms. The topological polar surface area (TPSA) is 12.0 Å². The molecule has 56 valence electrons. The maximum Gasteiger partial charge on any atom is 0.0452 e. The van der Waals surface area contributed by atoms with Crippen molar-refractivity contribution in [2.45, 2.75) is 20.8 Å². The Morgan fingerprint density at radius 2 is 1.90 bits per heavy atom. The van der Waals surface area contributed by atoms with Gasteiger partial charge in [0.15, 0.2) is 0 Å². The standard InChI is InChI=1S/C9H15N/c1-9(2,3)5-4-8-6-10-7-8/h8,10H,6-7H2,1-3H3. The van der Waals surface area contributed by atoms with E-state index in [-0.39, 0.29) is 5.41 Å². The van der Waals surface area contributed by atoms with Crippen molar-refractivity contribution < 1.29 is 0 Å². The van der Waals surface area contributed by atoms with Crippen LogP contribution in [0.1, 0.15) is 20.8 Å². The summed E-state index contributed by atoms with van der Waals surface area (Å²) in [7, 11) is 0. The van der Waals surface area contributed by atoms with Gasteiger partial charge in [-0.05, 0) is 20.8 Å². The van der Waals surface area contributed by atoms with E-state index in [4.69, 9.17) is 0 Å². The molecule has 0 aliphatic carbocycles. The number of hydrogen-bond acceptors (Lipinski definition) is 1. The van der Waals surface area contributed by atoms with Gasteiger partial charge in [-0.2, -0.15) is 0 Å². The molecule has 10 heavy (non-hydrogen) atoms. The second-order valence-electron chi connectivity index (χ2n) is 3.87. The highest BCUT2D eigenvalue weighted by Gasteiger charge is 2.13. The quantitative estimate of drug-likeness (QED) is 0.495. The molecule has 1 saturated heterocycles. The average Bonchev–Trinajstić information content (AvgIpc) is 1.56. The lowest BCUT2D eigenvalue weighted by Gasteiger charge is -2.22. The number of hydrogen-bond donors (Lipinski definition) is 1. The van der Waals surface area contributed by atoms with E-state index in [0.717, 1.165) is 13.1 Å². The smallest absolute Gasteiger partial charge is 0.0452 e. The third-order valence-corrected chi connectivity index (χ3v) is 1.43. The Morgan fingerprint density at radius 1 is 1.30 bits per heavy atom. The molecule has 0 aromatic heterocycles. The van der Waals surface area contributed by atoms with Gasteiger partial charge in [-0.3, -0.25) is 0 Å². The minimum Gasteiger partial charge on any atom is -0.314 e. The van der Waals surface area contributed by atoms with E-state index in [9.17, 15) is 0 Å². The Kier molecular flexibility index (Phi) is 2.01. The van der Waals surface area contributed by atoms with Crippen molar-refractivity contribution >= 4 is 0 Å². The van der Waals surface area contributed by atoms with Crippen LogP contribution in [0.3, 0.4) is 0 Å². The van der Waals surface area contributed by atoms with Crippen molar-refractivity contribution in [2.75, 3.05) is 13.1 Å². The fraction of sp³-hybridized carbons (Fsp3) is 0.778. The second-order valence-corrected chi connectivity index (χ2v) is 3.87. The van der Waals surface area contributed by atoms with Gasteiger partial charge in [-0.1, -0.05) is 11.8 Å². The molecule has 1 heteroatoms. The van der Waals surface area contributed by atoms with Crippen molar-refractivity contribution in [3.05, 3.63) is 0 Å². The van der Waals surface area contributed by atoms with Gasteiger partial charge in [-0.15, -0.1) is 0 Å². The molecule has 0 radical (unpaired) electrons. The Hall–Kier alpha value is -0.480. The van der Waals surface area contributed by atoms with Crippen LogP contribution in [0, 0.1) is 23.2 Å². The number of nitrogens with one attached hydrogen (secondary N) is 1. The second kappa shape index (κ2) is 2.64. The Bertz CT molecular complexity index is 161. The van der Waals surface area contributed by atoms with Crippen LogP contribution in [0.25, 0.3) is 0 Å². The van der Waals surface area contributed by atoms with E-state index in [1.54, 1.807) is 0 Å². The van der Waals surface area contributed by atoms with Gasteiger partial charge >= 0.3 is 0 Å². The first-order chi connectivity index (χ1) is 4.58. The first-order valence-corrected chi connectivity index (χ1v) is 3.81. The predicted octanol–water partition coefficient (Wildman–Crippen LogP) is 1.26. The van der Waals surface area contributed by atoms with E-state index in [2.05, 4.69) is 37.9 Å². The highest BCUT2D eigenvalue weighted by atomic mass is 14.9. The summed E-state index contributed by atoms with van der Waals surface area (Å²) < 4.78 is 0. The van der Waals surface area contributed by atoms with Crippen molar-refractivity contribution in [3.8, 4) is 11.8 Å². The van der Waals surface area contributed by atoms with Crippen LogP contribution in [-0.2, 0) is 0 Å². The molecule has 1 N–H and O–H groups in total. The zero-order valence-electron chi connectivity index (χ0n) is 6.99. The van der Waals surface area contributed by atoms with Crippen LogP contribution in [0.2, 0.25) is 0 Å². The van der Waals surface area contributed by atoms with Crippen LogP contribution in [0.5, 0.6) is 0 Å². The summed E-state index contributed by atoms with van der Waals surface area (Å²) in [5, 5.41) is 3.19. The normalized spacial score (nSPS) is 19.1. The Labute approximate surface area is 63.2 Å². The average molecular weight is 137 g/mol. The molecule has 0 amide bonds. The first kappa shape index (κ1) is 7.63. The maximum absolute atomic E-state index is 3.25. The molecular formula is C9H15N. The molecule has 0 saturated carbocycles. The van der Waals surface area contributed by atoms with Gasteiger partial charge < -0.3 is 5.32 Å². The summed E-state index contributed by atoms with van der Waals surface area (Å²) in [5.74, 6) is 7.10. The van der Waals surface area contributed by atoms with E-state index < -0.39 is 0 Å². The van der Waals surface area contributed by atoms with Gasteiger partial charge in [0.1, 0.15) is 0 Å². The lowest BCUT2D eigenvalue weighted by atomic mass is 9.95. The lowest BCUT2D eigenvalue weighted by Crippen LogP contribution is -2.41. The third-order valence-electron chi connectivity index (χ3n) is 1.43. The first-order valence-electron chi connectivity index (χ1n) is 3.81. The fourth-order valence-corrected chi connectivity index (χ4v) is 0.709. The van der Waals surface area contributed by atoms with Crippen LogP contribution in [0.15, 0.2) is 0 Å². The molecule has 0 aromatic carbocycles. The van der Waals surface area contributed by atoms with Crippen molar-refractivity contribution in [3.63, 3.8) is 0 Å². The molecule has 1 aliphatic heterocycles. The molecule has 1 rings (SSSR count). The summed E-state index contributed by atoms with van der Waals surface area (Å²) >= 11 is 0. The van der Waals surface area contributed by atoms with Gasteiger partial charge in [-0.25, -0.2) is 0 Å². The van der Waals surface area contributed by atoms with Crippen LogP contribution >= 0.6 is 0 Å². The molecule has 0 aromatic rings. The SMILES string of the molecule is CC(C)(C)C#CC1CNC1. The predicted molar refractivity (Wildman–Crippen MR) is 43.6 cm³/mol. The molecule has 1 heterocycles. The van der Waals surface area contributed by atoms with E-state index in [1.165, 1.54) is 0 Å². The lowest BCUT2D eigenvalue weighted by molar-refractivity contribution is 0.430. The van der Waals surface area contributed by atoms with Gasteiger partial charge in [0.05, 0.1) is 0 Å². The summed E-state index contributed by atoms with van der Waals surface area (Å²) in [6, 6.07) is 0. The highest BCUT2D eigenvalue weighted by Crippen LogP contribution is 2.11. The highest BCUT2D eigenvalue weighted by molar-refractivity contribution is 5.13. The molecule has 1 fully saturated rings. The van der Waals surface area contributed by atoms with Gasteiger partial charge in [0.2, 0.25) is 0 Å². The molecule has 0 unspecified atom stereocenters. The number of rotatable bonds is 0. The van der Waals surface area contributed by atoms with Crippen LogP contribution in [-0.4, -0.2) is 13.1 Å². The van der Waals surface area contributed by atoms with Crippen LogP contribution < -0.4 is 5.32 Å². The minimum atomic E-state index is 0.176. The molecule has 1 nitrogen and oxygen atoms in total. The van der Waals surface area contributed by atoms with E-state index >= 15 is 0 Å². The summed E-state index contributed by atoms with van der Waals surface area (Å²) in [5.41, 5.74) is 0.176. The van der Waals surface area contributed by atoms with Crippen molar-refractivity contribution in [1.82, 2.24) is 5.32 Å². The largest absolute Gasteiger partial charge is 0.314 e. The monoisotopic (exact) mass is 137 g/mol. The molecule has 0 atom stereocenters. The van der Waals surface area contributed by atoms with Gasteiger partial charge in [0, 0.05) is 24.4 Å².